The van der Waals surface area contributed by atoms with Crippen LogP contribution in [0.5, 0.6) is 0 Å². The van der Waals surface area contributed by atoms with Gasteiger partial charge in [-0.1, -0.05) is 181 Å². The monoisotopic (exact) mass is 802 g/mol. The molecule has 0 aliphatic carbocycles. The van der Waals surface area contributed by atoms with E-state index in [1.165, 1.54) is 54.6 Å². The third kappa shape index (κ3) is 6.64. The van der Waals surface area contributed by atoms with E-state index in [-0.39, 0.29) is 0 Å². The van der Waals surface area contributed by atoms with Crippen LogP contribution < -0.4 is 31.8 Å². The Morgan fingerprint density at radius 3 is 0.915 bits per heavy atom. The lowest BCUT2D eigenvalue weighted by molar-refractivity contribution is 0.674. The standard InChI is InChI=1S/C54H48N2OP2/c1-37-33-39(3)51(40(4)34-37)55-58(43-21-11-7-12-22-43,44-23-13-8-14-24-44)49-31-19-29-47-48-30-20-32-50(54(48)57-53(47)49)59(45-25-15-9-16-26-45,46-27-17-10-18-28-46)56-52-41(5)35-38(2)36-42(52)6/h7-36H,1-6H3. The van der Waals surface area contributed by atoms with Gasteiger partial charge in [-0.05, 0) is 75.9 Å². The van der Waals surface area contributed by atoms with Crippen LogP contribution in [0.2, 0.25) is 0 Å². The van der Waals surface area contributed by atoms with Gasteiger partial charge in [0.2, 0.25) is 0 Å². The van der Waals surface area contributed by atoms with Crippen LogP contribution in [0, 0.1) is 41.5 Å². The normalized spacial score (nSPS) is 11.9. The molecule has 0 N–H and O–H groups in total. The fraction of sp³-hybridized carbons (Fsp3) is 0.111. The highest BCUT2D eigenvalue weighted by Crippen LogP contribution is 2.55. The van der Waals surface area contributed by atoms with Crippen LogP contribution in [0.3, 0.4) is 0 Å². The molecule has 0 bridgehead atoms. The largest absolute Gasteiger partial charge is 0.455 e. The van der Waals surface area contributed by atoms with E-state index in [9.17, 15) is 0 Å². The first-order chi connectivity index (χ1) is 28.7. The van der Waals surface area contributed by atoms with Crippen molar-refractivity contribution in [1.29, 1.82) is 0 Å². The SMILES string of the molecule is Cc1cc(C)c(N=P(c2ccccc2)(c2ccccc2)c2cccc3c2oc2c(P(=Nc4c(C)cc(C)cc4C)(c4ccccc4)c4ccccc4)cccc23)c(C)c1. The molecule has 0 saturated heterocycles. The van der Waals surface area contributed by atoms with E-state index in [2.05, 4.69) is 224 Å². The summed E-state index contributed by atoms with van der Waals surface area (Å²) in [6.07, 6.45) is 0. The zero-order chi connectivity index (χ0) is 40.7. The van der Waals surface area contributed by atoms with Crippen molar-refractivity contribution in [3.63, 3.8) is 0 Å². The molecule has 0 aliphatic rings. The molecule has 0 fully saturated rings. The zero-order valence-corrected chi connectivity index (χ0v) is 36.3. The Hall–Kier alpha value is -5.98. The highest BCUT2D eigenvalue weighted by molar-refractivity contribution is 7.88. The van der Waals surface area contributed by atoms with Crippen molar-refractivity contribution in [3.05, 3.63) is 215 Å². The molecule has 0 saturated carbocycles. The highest BCUT2D eigenvalue weighted by atomic mass is 31.2. The fourth-order valence-corrected chi connectivity index (χ4v) is 16.6. The molecule has 0 radical (unpaired) electrons. The minimum Gasteiger partial charge on any atom is -0.455 e. The highest BCUT2D eigenvalue weighted by Gasteiger charge is 2.35. The van der Waals surface area contributed by atoms with Gasteiger partial charge in [0.15, 0.2) is 0 Å². The molecule has 9 aromatic rings. The van der Waals surface area contributed by atoms with Crippen molar-refractivity contribution in [2.75, 3.05) is 0 Å². The maximum atomic E-state index is 7.58. The van der Waals surface area contributed by atoms with Crippen molar-refractivity contribution in [2.24, 2.45) is 9.49 Å². The second kappa shape index (κ2) is 15.6. The van der Waals surface area contributed by atoms with E-state index in [1.807, 2.05) is 0 Å². The number of benzene rings is 8. The average Bonchev–Trinajstić information content (AvgIpc) is 3.64. The molecule has 0 unspecified atom stereocenters. The molecule has 0 aliphatic heterocycles. The van der Waals surface area contributed by atoms with Gasteiger partial charge in [0.1, 0.15) is 11.2 Å². The first-order valence-electron chi connectivity index (χ1n) is 20.3. The zero-order valence-electron chi connectivity index (χ0n) is 34.5. The van der Waals surface area contributed by atoms with E-state index in [0.717, 1.165) is 43.9 Å². The van der Waals surface area contributed by atoms with Gasteiger partial charge in [-0.25, -0.2) is 0 Å². The molecule has 8 aromatic carbocycles. The smallest absolute Gasteiger partial charge is 0.145 e. The van der Waals surface area contributed by atoms with Crippen LogP contribution in [0.4, 0.5) is 11.4 Å². The first-order valence-corrected chi connectivity index (χ1v) is 23.8. The number of hydrogen-bond donors (Lipinski definition) is 0. The summed E-state index contributed by atoms with van der Waals surface area (Å²) in [4.78, 5) is 0. The molecule has 5 heteroatoms. The molecule has 1 aromatic heterocycles. The van der Waals surface area contributed by atoms with Gasteiger partial charge in [-0.15, -0.1) is 0 Å². The molecular weight excluding hydrogens is 755 g/mol. The van der Waals surface area contributed by atoms with E-state index in [4.69, 9.17) is 13.9 Å². The maximum absolute atomic E-state index is 7.58. The Morgan fingerprint density at radius 2 is 0.627 bits per heavy atom. The summed E-state index contributed by atoms with van der Waals surface area (Å²) < 4.78 is 19.7. The Morgan fingerprint density at radius 1 is 0.339 bits per heavy atom. The third-order valence-corrected chi connectivity index (χ3v) is 18.8. The van der Waals surface area contributed by atoms with Gasteiger partial charge in [-0.2, -0.15) is 0 Å². The van der Waals surface area contributed by atoms with E-state index in [1.54, 1.807) is 0 Å². The molecular formula is C54H48N2OP2. The van der Waals surface area contributed by atoms with Crippen molar-refractivity contribution in [1.82, 2.24) is 0 Å². The van der Waals surface area contributed by atoms with Crippen molar-refractivity contribution >= 4 is 79.2 Å². The minimum absolute atomic E-state index is 0.865. The number of furan rings is 1. The Bertz CT molecular complexity index is 2770. The van der Waals surface area contributed by atoms with Crippen LogP contribution in [0.15, 0.2) is 196 Å². The first kappa shape index (κ1) is 38.5. The van der Waals surface area contributed by atoms with E-state index < -0.39 is 14.1 Å². The lowest BCUT2D eigenvalue weighted by Crippen LogP contribution is -2.26. The van der Waals surface area contributed by atoms with Gasteiger partial charge >= 0.3 is 0 Å². The van der Waals surface area contributed by atoms with Gasteiger partial charge in [-0.3, -0.25) is 9.49 Å². The number of rotatable bonds is 8. The predicted octanol–water partition coefficient (Wildman–Crippen LogP) is 13.1. The van der Waals surface area contributed by atoms with E-state index >= 15 is 0 Å². The molecule has 0 amide bonds. The maximum Gasteiger partial charge on any atom is 0.145 e. The van der Waals surface area contributed by atoms with Crippen molar-refractivity contribution in [3.8, 4) is 0 Å². The van der Waals surface area contributed by atoms with Gasteiger partial charge in [0, 0.05) is 42.6 Å². The lowest BCUT2D eigenvalue weighted by atomic mass is 10.1. The number of hydrogen-bond acceptors (Lipinski definition) is 3. The summed E-state index contributed by atoms with van der Waals surface area (Å²) in [6.45, 7) is 13.1. The van der Waals surface area contributed by atoms with Crippen LogP contribution in [0.25, 0.3) is 21.9 Å². The van der Waals surface area contributed by atoms with Crippen molar-refractivity contribution in [2.45, 2.75) is 41.5 Å². The number of fused-ring (bicyclic) bond motifs is 3. The number of para-hydroxylation sites is 2. The van der Waals surface area contributed by atoms with Gasteiger partial charge in [0.25, 0.3) is 0 Å². The molecule has 9 rings (SSSR count). The summed E-state index contributed by atoms with van der Waals surface area (Å²) >= 11 is 0. The van der Waals surface area contributed by atoms with Crippen molar-refractivity contribution < 1.29 is 4.42 Å². The third-order valence-electron chi connectivity index (χ3n) is 11.5. The molecule has 290 valence electrons. The predicted molar refractivity (Wildman–Crippen MR) is 257 cm³/mol. The molecule has 0 atom stereocenters. The summed E-state index contributed by atoms with van der Waals surface area (Å²) in [5, 5.41) is 9.04. The number of nitrogens with zero attached hydrogens (tertiary/aromatic N) is 2. The van der Waals surface area contributed by atoms with Gasteiger partial charge in [0.05, 0.1) is 25.5 Å². The van der Waals surface area contributed by atoms with Gasteiger partial charge < -0.3 is 4.42 Å². The summed E-state index contributed by atoms with van der Waals surface area (Å²) in [6, 6.07) is 65.9. The second-order valence-electron chi connectivity index (χ2n) is 15.7. The van der Waals surface area contributed by atoms with Crippen LogP contribution in [-0.2, 0) is 0 Å². The number of aryl methyl sites for hydroxylation is 6. The molecule has 1 heterocycles. The fourth-order valence-electron chi connectivity index (χ4n) is 9.03. The Balaban J connectivity index is 1.47. The average molecular weight is 803 g/mol. The summed E-state index contributed by atoms with van der Waals surface area (Å²) in [5.41, 5.74) is 10.9. The Labute approximate surface area is 348 Å². The molecule has 3 nitrogen and oxygen atoms in total. The van der Waals surface area contributed by atoms with Crippen LogP contribution in [-0.4, -0.2) is 0 Å². The quantitative estimate of drug-likeness (QED) is 0.141. The topological polar surface area (TPSA) is 37.9 Å². The summed E-state index contributed by atoms with van der Waals surface area (Å²) in [5.74, 6) is 0. The lowest BCUT2D eigenvalue weighted by Gasteiger charge is -2.28. The van der Waals surface area contributed by atoms with Crippen LogP contribution in [0.1, 0.15) is 33.4 Å². The minimum atomic E-state index is -2.77. The second-order valence-corrected chi connectivity index (χ2v) is 21.7. The van der Waals surface area contributed by atoms with E-state index in [0.29, 0.717) is 0 Å². The Kier molecular flexibility index (Phi) is 10.2. The summed E-state index contributed by atoms with van der Waals surface area (Å²) in [7, 11) is -5.55. The molecule has 59 heavy (non-hydrogen) atoms. The van der Waals surface area contributed by atoms with Crippen LogP contribution >= 0.6 is 14.1 Å². The molecule has 0 spiro atoms.